The molecule has 1 N–H and O–H groups in total. The maximum atomic E-state index is 13.7. The third kappa shape index (κ3) is 4.50. The van der Waals surface area contributed by atoms with Crippen LogP contribution in [0.5, 0.6) is 11.5 Å². The van der Waals surface area contributed by atoms with E-state index in [1.165, 1.54) is 6.42 Å². The summed E-state index contributed by atoms with van der Waals surface area (Å²) in [6.07, 6.45) is 6.13. The second kappa shape index (κ2) is 10.1. The molecule has 35 heavy (non-hydrogen) atoms. The van der Waals surface area contributed by atoms with Crippen molar-refractivity contribution >= 4 is 16.8 Å². The summed E-state index contributed by atoms with van der Waals surface area (Å²) in [5, 5.41) is 4.41. The first-order valence-corrected chi connectivity index (χ1v) is 12.4. The number of hydrogen-bond acceptors (Lipinski definition) is 5. The van der Waals surface area contributed by atoms with Gasteiger partial charge in [0.1, 0.15) is 11.5 Å². The number of benzene rings is 2. The zero-order chi connectivity index (χ0) is 24.4. The zero-order valence-corrected chi connectivity index (χ0v) is 20.4. The van der Waals surface area contributed by atoms with Gasteiger partial charge in [0.25, 0.3) is 5.91 Å². The summed E-state index contributed by atoms with van der Waals surface area (Å²) in [5.74, 6) is 2.33. The zero-order valence-electron chi connectivity index (χ0n) is 20.4. The first kappa shape index (κ1) is 23.4. The largest absolute Gasteiger partial charge is 0.497 e. The topological polar surface area (TPSA) is 63.7 Å². The second-order valence-corrected chi connectivity index (χ2v) is 9.41. The molecule has 3 aromatic rings. The molecule has 6 nitrogen and oxygen atoms in total. The minimum atomic E-state index is -0.205. The smallest absolute Gasteiger partial charge is 0.255 e. The average Bonchev–Trinajstić information content (AvgIpc) is 2.91. The van der Waals surface area contributed by atoms with Crippen molar-refractivity contribution in [2.75, 3.05) is 26.8 Å². The highest BCUT2D eigenvalue weighted by Gasteiger charge is 2.43. The van der Waals surface area contributed by atoms with Crippen LogP contribution in [0.1, 0.15) is 41.7 Å². The molecule has 5 atom stereocenters. The molecule has 2 bridgehead atoms. The summed E-state index contributed by atoms with van der Waals surface area (Å²) in [6, 6.07) is 15.4. The van der Waals surface area contributed by atoms with E-state index in [1.807, 2.05) is 61.7 Å². The van der Waals surface area contributed by atoms with Gasteiger partial charge in [-0.15, -0.1) is 6.58 Å². The van der Waals surface area contributed by atoms with Gasteiger partial charge in [-0.05, 0) is 80.1 Å². The molecule has 2 aromatic carbocycles. The van der Waals surface area contributed by atoms with E-state index in [2.05, 4.69) is 27.9 Å². The van der Waals surface area contributed by atoms with Crippen molar-refractivity contribution in [2.24, 2.45) is 11.8 Å². The van der Waals surface area contributed by atoms with Crippen LogP contribution in [0.25, 0.3) is 10.9 Å². The van der Waals surface area contributed by atoms with Crippen LogP contribution < -0.4 is 14.8 Å². The lowest BCUT2D eigenvalue weighted by molar-refractivity contribution is 0.00168. The SMILES string of the molecule is C=C[C@H]1CN2CC[C@H]1C[C@@H]2[C@@H](NC(=O)c1ccccc1OCC)c1ccnc2ccc(OC)cc12. The third-order valence-electron chi connectivity index (χ3n) is 7.57. The lowest BCUT2D eigenvalue weighted by Gasteiger charge is -2.51. The number of ether oxygens (including phenoxy) is 2. The van der Waals surface area contributed by atoms with Crippen LogP contribution in [-0.4, -0.2) is 48.6 Å². The Labute approximate surface area is 206 Å². The van der Waals surface area contributed by atoms with Crippen molar-refractivity contribution < 1.29 is 14.3 Å². The minimum Gasteiger partial charge on any atom is -0.497 e. The Morgan fingerprint density at radius 3 is 2.89 bits per heavy atom. The number of pyridine rings is 1. The van der Waals surface area contributed by atoms with Crippen LogP contribution in [0, 0.1) is 11.8 Å². The van der Waals surface area contributed by atoms with Gasteiger partial charge >= 0.3 is 0 Å². The number of hydrogen-bond donors (Lipinski definition) is 1. The van der Waals surface area contributed by atoms with E-state index >= 15 is 0 Å². The molecule has 1 aromatic heterocycles. The monoisotopic (exact) mass is 471 g/mol. The first-order chi connectivity index (χ1) is 17.1. The maximum Gasteiger partial charge on any atom is 0.255 e. The molecular weight excluding hydrogens is 438 g/mol. The number of aromatic nitrogens is 1. The van der Waals surface area contributed by atoms with Gasteiger partial charge in [-0.1, -0.05) is 18.2 Å². The van der Waals surface area contributed by atoms with E-state index in [1.54, 1.807) is 7.11 Å². The molecule has 3 saturated heterocycles. The van der Waals surface area contributed by atoms with Gasteiger partial charge < -0.3 is 14.8 Å². The molecule has 0 saturated carbocycles. The molecule has 182 valence electrons. The number of nitrogens with zero attached hydrogens (tertiary/aromatic N) is 2. The first-order valence-electron chi connectivity index (χ1n) is 12.4. The Morgan fingerprint density at radius 2 is 2.14 bits per heavy atom. The Balaban J connectivity index is 1.57. The van der Waals surface area contributed by atoms with E-state index in [9.17, 15) is 4.79 Å². The molecule has 4 heterocycles. The molecule has 1 unspecified atom stereocenters. The molecule has 3 aliphatic heterocycles. The number of carbonyl (C=O) groups is 1. The Bertz CT molecular complexity index is 1230. The van der Waals surface area contributed by atoms with Gasteiger partial charge in [-0.3, -0.25) is 14.7 Å². The highest BCUT2D eigenvalue weighted by Crippen LogP contribution is 2.42. The number of fused-ring (bicyclic) bond motifs is 4. The lowest BCUT2D eigenvalue weighted by atomic mass is 9.73. The number of piperidine rings is 3. The summed E-state index contributed by atoms with van der Waals surface area (Å²) in [6.45, 7) is 8.52. The summed E-state index contributed by atoms with van der Waals surface area (Å²) in [4.78, 5) is 20.8. The van der Waals surface area contributed by atoms with Gasteiger partial charge in [-0.2, -0.15) is 0 Å². The molecule has 3 fully saturated rings. The molecule has 0 aliphatic carbocycles. The third-order valence-corrected chi connectivity index (χ3v) is 7.57. The van der Waals surface area contributed by atoms with Crippen molar-refractivity contribution in [3.05, 3.63) is 78.5 Å². The fourth-order valence-corrected chi connectivity index (χ4v) is 5.80. The fraction of sp³-hybridized carbons (Fsp3) is 0.379. The van der Waals surface area contributed by atoms with E-state index < -0.39 is 0 Å². The van der Waals surface area contributed by atoms with Crippen LogP contribution in [0.15, 0.2) is 67.4 Å². The molecule has 0 radical (unpaired) electrons. The Kier molecular flexibility index (Phi) is 6.73. The van der Waals surface area contributed by atoms with E-state index in [-0.39, 0.29) is 18.0 Å². The number of nitrogens with one attached hydrogen (secondary N) is 1. The predicted octanol–water partition coefficient (Wildman–Crippen LogP) is 5.01. The summed E-state index contributed by atoms with van der Waals surface area (Å²) in [5.41, 5.74) is 2.50. The van der Waals surface area contributed by atoms with Crippen LogP contribution in [0.2, 0.25) is 0 Å². The normalized spacial score (nSPS) is 24.1. The minimum absolute atomic E-state index is 0.130. The van der Waals surface area contributed by atoms with Crippen molar-refractivity contribution in [1.82, 2.24) is 15.2 Å². The highest BCUT2D eigenvalue weighted by atomic mass is 16.5. The molecular formula is C29H33N3O3. The van der Waals surface area contributed by atoms with Crippen molar-refractivity contribution in [3.63, 3.8) is 0 Å². The van der Waals surface area contributed by atoms with Crippen LogP contribution in [-0.2, 0) is 0 Å². The second-order valence-electron chi connectivity index (χ2n) is 9.41. The van der Waals surface area contributed by atoms with E-state index in [0.717, 1.165) is 41.7 Å². The van der Waals surface area contributed by atoms with Crippen LogP contribution >= 0.6 is 0 Å². The number of methoxy groups -OCH3 is 1. The lowest BCUT2D eigenvalue weighted by Crippen LogP contribution is -2.57. The molecule has 0 spiro atoms. The summed E-state index contributed by atoms with van der Waals surface area (Å²) in [7, 11) is 1.67. The van der Waals surface area contributed by atoms with Gasteiger partial charge in [-0.25, -0.2) is 0 Å². The van der Waals surface area contributed by atoms with E-state index in [0.29, 0.717) is 29.8 Å². The van der Waals surface area contributed by atoms with Gasteiger partial charge in [0.05, 0.1) is 30.8 Å². The molecule has 3 aliphatic rings. The van der Waals surface area contributed by atoms with Gasteiger partial charge in [0.15, 0.2) is 0 Å². The maximum absolute atomic E-state index is 13.7. The number of carbonyl (C=O) groups excluding carboxylic acids is 1. The van der Waals surface area contributed by atoms with Crippen molar-refractivity contribution in [2.45, 2.75) is 31.8 Å². The Hall–Kier alpha value is -3.38. The summed E-state index contributed by atoms with van der Waals surface area (Å²) >= 11 is 0. The number of amides is 1. The van der Waals surface area contributed by atoms with Crippen molar-refractivity contribution in [3.8, 4) is 11.5 Å². The van der Waals surface area contributed by atoms with Crippen LogP contribution in [0.3, 0.4) is 0 Å². The molecule has 1 amide bonds. The number of rotatable bonds is 8. The standard InChI is InChI=1S/C29H33N3O3/c1-4-19-18-32-15-13-20(19)16-26(32)28(31-29(33)23-8-6-7-9-27(23)35-5-2)22-12-14-30-25-11-10-21(34-3)17-24(22)25/h4,6-12,14,17,19-20,26,28H,1,5,13,15-16,18H2,2-3H3,(H,31,33)/t19-,20-,26+,28-/m0/s1. The Morgan fingerprint density at radius 1 is 1.29 bits per heavy atom. The number of para-hydroxylation sites is 1. The van der Waals surface area contributed by atoms with Gasteiger partial charge in [0, 0.05) is 24.2 Å². The highest BCUT2D eigenvalue weighted by molar-refractivity contribution is 5.97. The quantitative estimate of drug-likeness (QED) is 0.468. The summed E-state index contributed by atoms with van der Waals surface area (Å²) < 4.78 is 11.3. The molecule has 6 heteroatoms. The average molecular weight is 472 g/mol. The van der Waals surface area contributed by atoms with Crippen LogP contribution in [0.4, 0.5) is 0 Å². The fourth-order valence-electron chi connectivity index (χ4n) is 5.80. The predicted molar refractivity (Wildman–Crippen MR) is 138 cm³/mol. The van der Waals surface area contributed by atoms with Gasteiger partial charge in [0.2, 0.25) is 0 Å². The van der Waals surface area contributed by atoms with Crippen molar-refractivity contribution in [1.29, 1.82) is 0 Å². The van der Waals surface area contributed by atoms with E-state index in [4.69, 9.17) is 9.47 Å². The molecule has 6 rings (SSSR count).